The Bertz CT molecular complexity index is 993. The Morgan fingerprint density at radius 2 is 1.66 bits per heavy atom. The molecule has 1 fully saturated rings. The van der Waals surface area contributed by atoms with Crippen LogP contribution in [0.25, 0.3) is 0 Å². The fraction of sp³-hybridized carbons (Fsp3) is 0.435. The number of nitrogens with one attached hydrogen (secondary N) is 1. The van der Waals surface area contributed by atoms with Crippen LogP contribution < -0.4 is 19.1 Å². The van der Waals surface area contributed by atoms with Gasteiger partial charge in [0, 0.05) is 26.2 Å². The van der Waals surface area contributed by atoms with Crippen molar-refractivity contribution in [3.05, 3.63) is 54.1 Å². The number of piperidine rings is 1. The summed E-state index contributed by atoms with van der Waals surface area (Å²) < 4.78 is 39.8. The number of methoxy groups -OCH3 is 2. The first kappa shape index (κ1) is 23.9. The second-order valence-corrected chi connectivity index (χ2v) is 9.49. The fourth-order valence-electron chi connectivity index (χ4n) is 3.81. The lowest BCUT2D eigenvalue weighted by atomic mass is 9.99. The number of carbonyl (C=O) groups is 1. The normalized spacial score (nSPS) is 16.9. The Morgan fingerprint density at radius 1 is 1.06 bits per heavy atom. The summed E-state index contributed by atoms with van der Waals surface area (Å²) in [4.78, 5) is 12.8. The van der Waals surface area contributed by atoms with E-state index in [1.54, 1.807) is 45.4 Å². The number of ether oxygens (including phenoxy) is 2. The summed E-state index contributed by atoms with van der Waals surface area (Å²) in [6.07, 6.45) is 1.30. The Kier molecular flexibility index (Phi) is 7.98. The number of amides is 1. The van der Waals surface area contributed by atoms with Gasteiger partial charge in [0.2, 0.25) is 5.91 Å². The van der Waals surface area contributed by atoms with Gasteiger partial charge in [0.15, 0.2) is 0 Å². The molecule has 1 aliphatic heterocycles. The van der Waals surface area contributed by atoms with Gasteiger partial charge >= 0.3 is 10.2 Å². The van der Waals surface area contributed by atoms with Gasteiger partial charge in [-0.2, -0.15) is 12.7 Å². The van der Waals surface area contributed by atoms with E-state index in [-0.39, 0.29) is 18.4 Å². The van der Waals surface area contributed by atoms with Crippen molar-refractivity contribution in [1.82, 2.24) is 9.62 Å². The van der Waals surface area contributed by atoms with Crippen molar-refractivity contribution in [1.29, 1.82) is 0 Å². The second kappa shape index (κ2) is 10.7. The highest BCUT2D eigenvalue weighted by molar-refractivity contribution is 7.90. The number of anilines is 1. The van der Waals surface area contributed by atoms with Crippen LogP contribution in [0.2, 0.25) is 0 Å². The maximum atomic E-state index is 13.4. The molecule has 1 amide bonds. The van der Waals surface area contributed by atoms with Crippen molar-refractivity contribution < 1.29 is 22.7 Å². The SMILES string of the molecule is CCN(c1ccc(OC)cc1)S(=O)(=O)N1CCCC(C(=O)NCc2ccc(OC)cc2)C1. The molecule has 174 valence electrons. The molecule has 9 heteroatoms. The third-order valence-corrected chi connectivity index (χ3v) is 7.64. The first-order valence-electron chi connectivity index (χ1n) is 10.7. The molecule has 0 saturated carbocycles. The summed E-state index contributed by atoms with van der Waals surface area (Å²) >= 11 is 0. The summed E-state index contributed by atoms with van der Waals surface area (Å²) in [5.74, 6) is 0.902. The smallest absolute Gasteiger partial charge is 0.304 e. The Labute approximate surface area is 190 Å². The lowest BCUT2D eigenvalue weighted by Gasteiger charge is -2.35. The molecule has 1 saturated heterocycles. The molecule has 1 aliphatic rings. The Hall–Kier alpha value is -2.78. The number of benzene rings is 2. The number of nitrogens with zero attached hydrogens (tertiary/aromatic N) is 2. The number of carbonyl (C=O) groups excluding carboxylic acids is 1. The van der Waals surface area contributed by atoms with Crippen LogP contribution >= 0.6 is 0 Å². The molecule has 3 rings (SSSR count). The average molecular weight is 462 g/mol. The molecular weight excluding hydrogens is 430 g/mol. The third kappa shape index (κ3) is 5.52. The zero-order chi connectivity index (χ0) is 23.1. The quantitative estimate of drug-likeness (QED) is 0.620. The van der Waals surface area contributed by atoms with E-state index >= 15 is 0 Å². The minimum absolute atomic E-state index is 0.131. The van der Waals surface area contributed by atoms with Crippen LogP contribution in [-0.2, 0) is 21.5 Å². The molecule has 1 heterocycles. The highest BCUT2D eigenvalue weighted by Crippen LogP contribution is 2.27. The van der Waals surface area contributed by atoms with Crippen molar-refractivity contribution in [3.63, 3.8) is 0 Å². The lowest BCUT2D eigenvalue weighted by Crippen LogP contribution is -2.50. The molecule has 1 atom stereocenters. The highest BCUT2D eigenvalue weighted by Gasteiger charge is 2.35. The van der Waals surface area contributed by atoms with Crippen LogP contribution in [0, 0.1) is 5.92 Å². The molecule has 0 radical (unpaired) electrons. The molecule has 1 N–H and O–H groups in total. The summed E-state index contributed by atoms with van der Waals surface area (Å²) in [5.41, 5.74) is 1.52. The average Bonchev–Trinajstić information content (AvgIpc) is 2.83. The van der Waals surface area contributed by atoms with Crippen LogP contribution in [0.3, 0.4) is 0 Å². The van der Waals surface area contributed by atoms with Gasteiger partial charge in [0.25, 0.3) is 0 Å². The number of hydrogen-bond donors (Lipinski definition) is 1. The van der Waals surface area contributed by atoms with Gasteiger partial charge in [0.1, 0.15) is 11.5 Å². The first-order valence-corrected chi connectivity index (χ1v) is 12.1. The number of rotatable bonds is 9. The Balaban J connectivity index is 1.65. The summed E-state index contributed by atoms with van der Waals surface area (Å²) in [6, 6.07) is 14.4. The van der Waals surface area contributed by atoms with E-state index in [2.05, 4.69) is 5.32 Å². The van der Waals surface area contributed by atoms with Crippen LogP contribution in [0.4, 0.5) is 5.69 Å². The highest BCUT2D eigenvalue weighted by atomic mass is 32.2. The standard InChI is InChI=1S/C23H31N3O5S/c1-4-26(20-9-13-22(31-3)14-10-20)32(28,29)25-15-5-6-19(17-25)23(27)24-16-18-7-11-21(30-2)12-8-18/h7-14,19H,4-6,15-17H2,1-3H3,(H,24,27). The number of hydrogen-bond acceptors (Lipinski definition) is 5. The van der Waals surface area contributed by atoms with E-state index in [0.29, 0.717) is 43.9 Å². The van der Waals surface area contributed by atoms with Gasteiger partial charge in [-0.15, -0.1) is 0 Å². The first-order chi connectivity index (χ1) is 15.4. The molecule has 0 aromatic heterocycles. The van der Waals surface area contributed by atoms with Gasteiger partial charge in [-0.25, -0.2) is 0 Å². The molecule has 32 heavy (non-hydrogen) atoms. The predicted octanol–water partition coefficient (Wildman–Crippen LogP) is 2.80. The molecule has 2 aromatic rings. The fourth-order valence-corrected chi connectivity index (χ4v) is 5.53. The van der Waals surface area contributed by atoms with E-state index in [9.17, 15) is 13.2 Å². The largest absolute Gasteiger partial charge is 0.497 e. The minimum Gasteiger partial charge on any atom is -0.497 e. The van der Waals surface area contributed by atoms with Crippen molar-refractivity contribution in [2.45, 2.75) is 26.3 Å². The van der Waals surface area contributed by atoms with E-state index in [1.807, 2.05) is 24.3 Å². The maximum absolute atomic E-state index is 13.4. The van der Waals surface area contributed by atoms with Crippen molar-refractivity contribution in [2.24, 2.45) is 5.92 Å². The third-order valence-electron chi connectivity index (χ3n) is 5.63. The van der Waals surface area contributed by atoms with Crippen LogP contribution in [0.1, 0.15) is 25.3 Å². The van der Waals surface area contributed by atoms with E-state index in [1.165, 1.54) is 8.61 Å². The topological polar surface area (TPSA) is 88.2 Å². The molecule has 0 bridgehead atoms. The lowest BCUT2D eigenvalue weighted by molar-refractivity contribution is -0.126. The second-order valence-electron chi connectivity index (χ2n) is 7.63. The zero-order valence-corrected chi connectivity index (χ0v) is 19.6. The van der Waals surface area contributed by atoms with Crippen LogP contribution in [0.5, 0.6) is 11.5 Å². The zero-order valence-electron chi connectivity index (χ0n) is 18.8. The van der Waals surface area contributed by atoms with Crippen LogP contribution in [0.15, 0.2) is 48.5 Å². The van der Waals surface area contributed by atoms with Gasteiger partial charge in [0.05, 0.1) is 25.8 Å². The molecule has 0 aliphatic carbocycles. The summed E-state index contributed by atoms with van der Waals surface area (Å²) in [6.45, 7) is 3.05. The van der Waals surface area contributed by atoms with Gasteiger partial charge in [-0.05, 0) is 61.7 Å². The van der Waals surface area contributed by atoms with Crippen molar-refractivity contribution >= 4 is 21.8 Å². The summed E-state index contributed by atoms with van der Waals surface area (Å²) in [7, 11) is -0.585. The molecule has 8 nitrogen and oxygen atoms in total. The van der Waals surface area contributed by atoms with Crippen LogP contribution in [-0.4, -0.2) is 52.5 Å². The van der Waals surface area contributed by atoms with Crippen molar-refractivity contribution in [3.8, 4) is 11.5 Å². The van der Waals surface area contributed by atoms with E-state index in [0.717, 1.165) is 11.3 Å². The monoisotopic (exact) mass is 461 g/mol. The molecule has 0 spiro atoms. The molecule has 2 aromatic carbocycles. The molecule has 1 unspecified atom stereocenters. The predicted molar refractivity (Wildman–Crippen MR) is 124 cm³/mol. The Morgan fingerprint density at radius 3 is 2.22 bits per heavy atom. The molecular formula is C23H31N3O5S. The van der Waals surface area contributed by atoms with E-state index in [4.69, 9.17) is 9.47 Å². The maximum Gasteiger partial charge on any atom is 0.304 e. The van der Waals surface area contributed by atoms with Gasteiger partial charge in [-0.3, -0.25) is 9.10 Å². The summed E-state index contributed by atoms with van der Waals surface area (Å²) in [5, 5.41) is 2.94. The van der Waals surface area contributed by atoms with Gasteiger partial charge in [-0.1, -0.05) is 12.1 Å². The minimum atomic E-state index is -3.76. The van der Waals surface area contributed by atoms with E-state index < -0.39 is 10.2 Å². The van der Waals surface area contributed by atoms with Crippen molar-refractivity contribution in [2.75, 3.05) is 38.2 Å². The van der Waals surface area contributed by atoms with Gasteiger partial charge < -0.3 is 14.8 Å².